The topological polar surface area (TPSA) is 63.4 Å². The van der Waals surface area contributed by atoms with E-state index in [1.807, 2.05) is 67.7 Å². The number of methoxy groups -OCH3 is 1. The zero-order valence-corrected chi connectivity index (χ0v) is 16.4. The predicted molar refractivity (Wildman–Crippen MR) is 115 cm³/mol. The summed E-state index contributed by atoms with van der Waals surface area (Å²) in [6.45, 7) is 0.418. The third-order valence-electron chi connectivity index (χ3n) is 4.65. The lowest BCUT2D eigenvalue weighted by molar-refractivity contribution is 0.383. The molecule has 6 heteroatoms. The molecule has 4 rings (SSSR count). The van der Waals surface area contributed by atoms with Crippen LogP contribution in [0.25, 0.3) is 11.4 Å². The molecule has 4 aromatic rings. The first-order chi connectivity index (χ1) is 14.3. The molecule has 1 N–H and O–H groups in total. The molecule has 29 heavy (non-hydrogen) atoms. The summed E-state index contributed by atoms with van der Waals surface area (Å²) in [6.07, 6.45) is 0. The van der Waals surface area contributed by atoms with Gasteiger partial charge in [-0.15, -0.1) is 0 Å². The Kier molecular flexibility index (Phi) is 5.42. The maximum absolute atomic E-state index is 5.43. The van der Waals surface area contributed by atoms with Crippen LogP contribution in [0.2, 0.25) is 0 Å². The summed E-state index contributed by atoms with van der Waals surface area (Å²) >= 11 is 0. The van der Waals surface area contributed by atoms with E-state index in [1.165, 1.54) is 0 Å². The van der Waals surface area contributed by atoms with Crippen LogP contribution >= 0.6 is 0 Å². The summed E-state index contributed by atoms with van der Waals surface area (Å²) in [5.41, 5.74) is 3.95. The Morgan fingerprint density at radius 2 is 1.66 bits per heavy atom. The molecule has 0 fully saturated rings. The minimum Gasteiger partial charge on any atom is -0.496 e. The van der Waals surface area contributed by atoms with Crippen LogP contribution in [0.1, 0.15) is 5.89 Å². The van der Waals surface area contributed by atoms with Crippen molar-refractivity contribution in [1.29, 1.82) is 0 Å². The second-order valence-electron chi connectivity index (χ2n) is 6.48. The third-order valence-corrected chi connectivity index (χ3v) is 4.65. The molecule has 0 aliphatic carbocycles. The summed E-state index contributed by atoms with van der Waals surface area (Å²) in [5, 5.41) is 7.50. The van der Waals surface area contributed by atoms with E-state index < -0.39 is 0 Å². The van der Waals surface area contributed by atoms with Crippen LogP contribution < -0.4 is 15.0 Å². The van der Waals surface area contributed by atoms with Gasteiger partial charge in [0.15, 0.2) is 0 Å². The summed E-state index contributed by atoms with van der Waals surface area (Å²) in [5.74, 6) is 1.72. The molecule has 0 spiro atoms. The van der Waals surface area contributed by atoms with E-state index in [-0.39, 0.29) is 0 Å². The van der Waals surface area contributed by atoms with Gasteiger partial charge in [-0.25, -0.2) is 0 Å². The molecule has 1 heterocycles. The molecule has 0 amide bonds. The van der Waals surface area contributed by atoms with E-state index in [1.54, 1.807) is 7.11 Å². The number of hydrogen-bond acceptors (Lipinski definition) is 6. The lowest BCUT2D eigenvalue weighted by Crippen LogP contribution is -2.12. The molecule has 0 aliphatic rings. The van der Waals surface area contributed by atoms with Gasteiger partial charge < -0.3 is 19.5 Å². The smallest absolute Gasteiger partial charge is 0.246 e. The van der Waals surface area contributed by atoms with Crippen molar-refractivity contribution in [2.75, 3.05) is 24.4 Å². The lowest BCUT2D eigenvalue weighted by atomic mass is 10.2. The fraction of sp³-hybridized carbons (Fsp3) is 0.130. The zero-order valence-electron chi connectivity index (χ0n) is 16.4. The van der Waals surface area contributed by atoms with Crippen LogP contribution in [-0.2, 0) is 6.54 Å². The van der Waals surface area contributed by atoms with Gasteiger partial charge >= 0.3 is 0 Å². The van der Waals surface area contributed by atoms with E-state index >= 15 is 0 Å². The van der Waals surface area contributed by atoms with E-state index in [4.69, 9.17) is 9.26 Å². The molecule has 0 atom stereocenters. The first-order valence-corrected chi connectivity index (χ1v) is 9.34. The van der Waals surface area contributed by atoms with E-state index in [9.17, 15) is 0 Å². The van der Waals surface area contributed by atoms with Crippen molar-refractivity contribution in [3.63, 3.8) is 0 Å². The summed E-state index contributed by atoms with van der Waals surface area (Å²) in [7, 11) is 3.67. The largest absolute Gasteiger partial charge is 0.496 e. The van der Waals surface area contributed by atoms with Crippen molar-refractivity contribution in [1.82, 2.24) is 10.1 Å². The minimum atomic E-state index is 0.418. The minimum absolute atomic E-state index is 0.418. The first kappa shape index (κ1) is 18.6. The number of benzene rings is 3. The van der Waals surface area contributed by atoms with Crippen molar-refractivity contribution in [3.8, 4) is 17.1 Å². The second-order valence-corrected chi connectivity index (χ2v) is 6.48. The van der Waals surface area contributed by atoms with Gasteiger partial charge in [0.1, 0.15) is 5.75 Å². The summed E-state index contributed by atoms with van der Waals surface area (Å²) < 4.78 is 10.8. The number of nitrogens with zero attached hydrogens (tertiary/aromatic N) is 3. The highest BCUT2D eigenvalue weighted by Crippen LogP contribution is 2.31. The number of rotatable bonds is 7. The van der Waals surface area contributed by atoms with Gasteiger partial charge in [-0.1, -0.05) is 47.6 Å². The van der Waals surface area contributed by atoms with Gasteiger partial charge in [0.05, 0.1) is 30.6 Å². The quantitative estimate of drug-likeness (QED) is 0.475. The Labute approximate surface area is 169 Å². The summed E-state index contributed by atoms with van der Waals surface area (Å²) in [4.78, 5) is 6.64. The Morgan fingerprint density at radius 3 is 2.48 bits per heavy atom. The highest BCUT2D eigenvalue weighted by atomic mass is 16.5. The van der Waals surface area contributed by atoms with Crippen molar-refractivity contribution in [2.45, 2.75) is 6.54 Å². The maximum atomic E-state index is 5.43. The highest BCUT2D eigenvalue weighted by molar-refractivity contribution is 5.76. The monoisotopic (exact) mass is 386 g/mol. The number of anilines is 3. The van der Waals surface area contributed by atoms with Gasteiger partial charge in [-0.3, -0.25) is 0 Å². The van der Waals surface area contributed by atoms with Crippen LogP contribution in [0.3, 0.4) is 0 Å². The number of para-hydroxylation sites is 4. The predicted octanol–water partition coefficient (Wildman–Crippen LogP) is 5.13. The van der Waals surface area contributed by atoms with Gasteiger partial charge in [0.25, 0.3) is 0 Å². The standard InChI is InChI=1S/C23H22N4O2/c1-27(17-10-4-3-5-11-17)20-14-8-7-13-19(20)24-16-22-25-23(26-29-22)18-12-6-9-15-21(18)28-2/h3-15,24H,16H2,1-2H3. The molecule has 1 aromatic heterocycles. The average molecular weight is 386 g/mol. The van der Waals surface area contributed by atoms with Crippen LogP contribution in [0.5, 0.6) is 5.75 Å². The van der Waals surface area contributed by atoms with E-state index in [0.29, 0.717) is 24.0 Å². The van der Waals surface area contributed by atoms with Crippen molar-refractivity contribution < 1.29 is 9.26 Å². The van der Waals surface area contributed by atoms with Gasteiger partial charge in [0.2, 0.25) is 11.7 Å². The van der Waals surface area contributed by atoms with E-state index in [0.717, 1.165) is 22.6 Å². The Morgan fingerprint density at radius 1 is 0.931 bits per heavy atom. The molecule has 0 saturated carbocycles. The van der Waals surface area contributed by atoms with Crippen molar-refractivity contribution >= 4 is 17.1 Å². The highest BCUT2D eigenvalue weighted by Gasteiger charge is 2.14. The zero-order chi connectivity index (χ0) is 20.1. The van der Waals surface area contributed by atoms with Gasteiger partial charge in [-0.05, 0) is 36.4 Å². The molecule has 0 bridgehead atoms. The normalized spacial score (nSPS) is 10.6. The Bertz CT molecular complexity index is 1080. The molecule has 0 radical (unpaired) electrons. The van der Waals surface area contributed by atoms with E-state index in [2.05, 4.69) is 38.6 Å². The molecular formula is C23H22N4O2. The second kappa shape index (κ2) is 8.48. The van der Waals surface area contributed by atoms with Gasteiger partial charge in [-0.2, -0.15) is 4.98 Å². The maximum Gasteiger partial charge on any atom is 0.246 e. The van der Waals surface area contributed by atoms with Crippen LogP contribution in [0.4, 0.5) is 17.1 Å². The van der Waals surface area contributed by atoms with Crippen LogP contribution in [-0.4, -0.2) is 24.3 Å². The van der Waals surface area contributed by atoms with Crippen molar-refractivity contribution in [2.24, 2.45) is 0 Å². The molecule has 146 valence electrons. The number of nitrogens with one attached hydrogen (secondary N) is 1. The lowest BCUT2D eigenvalue weighted by Gasteiger charge is -2.22. The molecule has 0 unspecified atom stereocenters. The summed E-state index contributed by atoms with van der Waals surface area (Å²) in [6, 6.07) is 26.0. The third kappa shape index (κ3) is 4.06. The van der Waals surface area contributed by atoms with Crippen molar-refractivity contribution in [3.05, 3.63) is 84.8 Å². The fourth-order valence-electron chi connectivity index (χ4n) is 3.14. The Balaban J connectivity index is 1.51. The molecule has 0 aliphatic heterocycles. The molecular weight excluding hydrogens is 364 g/mol. The SMILES string of the molecule is COc1ccccc1-c1noc(CNc2ccccc2N(C)c2ccccc2)n1. The molecule has 3 aromatic carbocycles. The average Bonchev–Trinajstić information content (AvgIpc) is 3.27. The first-order valence-electron chi connectivity index (χ1n) is 9.34. The van der Waals surface area contributed by atoms with Crippen LogP contribution in [0.15, 0.2) is 83.4 Å². The van der Waals surface area contributed by atoms with Crippen LogP contribution in [0, 0.1) is 0 Å². The molecule has 6 nitrogen and oxygen atoms in total. The van der Waals surface area contributed by atoms with Gasteiger partial charge in [0, 0.05) is 12.7 Å². The number of hydrogen-bond donors (Lipinski definition) is 1. The molecule has 0 saturated heterocycles. The Hall–Kier alpha value is -3.80. The number of ether oxygens (including phenoxy) is 1. The number of aromatic nitrogens is 2. The fourth-order valence-corrected chi connectivity index (χ4v) is 3.14.